The van der Waals surface area contributed by atoms with E-state index in [-0.39, 0.29) is 37.9 Å². The van der Waals surface area contributed by atoms with Crippen LogP contribution in [0.3, 0.4) is 0 Å². The van der Waals surface area contributed by atoms with Crippen LogP contribution in [0.15, 0.2) is 60.2 Å². The Morgan fingerprint density at radius 3 is 2.31 bits per heavy atom. The van der Waals surface area contributed by atoms with Crippen LogP contribution in [-0.4, -0.2) is 60.1 Å². The predicted octanol–water partition coefficient (Wildman–Crippen LogP) is 5.83. The minimum atomic E-state index is -0.785. The monoisotopic (exact) mass is 732 g/mol. The third-order valence-corrected chi connectivity index (χ3v) is 8.89. The molecule has 1 aliphatic heterocycles. The first kappa shape index (κ1) is 35.1. The number of amides is 2. The maximum absolute atomic E-state index is 13.5. The highest BCUT2D eigenvalue weighted by Crippen LogP contribution is 2.43. The van der Waals surface area contributed by atoms with Crippen molar-refractivity contribution in [3.05, 3.63) is 80.4 Å². The number of aliphatic hydroxyl groups is 1. The molecule has 2 aromatic rings. The summed E-state index contributed by atoms with van der Waals surface area (Å²) < 4.78 is 20.4. The summed E-state index contributed by atoms with van der Waals surface area (Å²) in [6.45, 7) is 4.54. The van der Waals surface area contributed by atoms with Crippen molar-refractivity contribution < 1.29 is 33.7 Å². The summed E-state index contributed by atoms with van der Waals surface area (Å²) in [5.41, 5.74) is 2.10. The van der Waals surface area contributed by atoms with Gasteiger partial charge in [-0.2, -0.15) is 0 Å². The van der Waals surface area contributed by atoms with Crippen molar-refractivity contribution in [3.8, 4) is 0 Å². The molecule has 2 aromatic carbocycles. The van der Waals surface area contributed by atoms with Crippen LogP contribution in [0.4, 0.5) is 0 Å². The van der Waals surface area contributed by atoms with Crippen molar-refractivity contribution in [2.45, 2.75) is 102 Å². The van der Waals surface area contributed by atoms with Crippen LogP contribution in [0.25, 0.3) is 0 Å². The molecule has 0 spiro atoms. The molecule has 3 N–H and O–H groups in total. The summed E-state index contributed by atoms with van der Waals surface area (Å²) in [4.78, 5) is 39.1. The molecule has 1 heterocycles. The number of fused-ring (bicyclic) bond motifs is 1. The van der Waals surface area contributed by atoms with Crippen LogP contribution in [0.2, 0.25) is 0 Å². The number of esters is 1. The molecule has 45 heavy (non-hydrogen) atoms. The fourth-order valence-electron chi connectivity index (χ4n) is 5.78. The summed E-state index contributed by atoms with van der Waals surface area (Å²) in [6, 6.07) is 14.1. The van der Waals surface area contributed by atoms with E-state index in [2.05, 4.69) is 47.1 Å². The van der Waals surface area contributed by atoms with Gasteiger partial charge in [0.2, 0.25) is 5.91 Å². The Kier molecular flexibility index (Phi) is 13.4. The zero-order valence-corrected chi connectivity index (χ0v) is 28.3. The molecule has 0 unspecified atom stereocenters. The van der Waals surface area contributed by atoms with Crippen LogP contribution in [-0.2, 0) is 25.5 Å². The van der Waals surface area contributed by atoms with Gasteiger partial charge in [-0.25, -0.2) is 4.79 Å². The van der Waals surface area contributed by atoms with E-state index in [0.717, 1.165) is 60.5 Å². The largest absolute Gasteiger partial charge is 0.456 e. The smallest absolute Gasteiger partial charge is 0.338 e. The average Bonchev–Trinajstić information content (AvgIpc) is 3.42. The van der Waals surface area contributed by atoms with Gasteiger partial charge >= 0.3 is 5.97 Å². The van der Waals surface area contributed by atoms with E-state index < -0.39 is 30.1 Å². The molecule has 2 amide bonds. The topological polar surface area (TPSA) is 123 Å². The molecule has 1 fully saturated rings. The Balaban J connectivity index is 1.53. The Morgan fingerprint density at radius 1 is 0.933 bits per heavy atom. The van der Waals surface area contributed by atoms with Crippen molar-refractivity contribution in [1.29, 1.82) is 0 Å². The lowest BCUT2D eigenvalue weighted by Gasteiger charge is -2.31. The Hall–Kier alpha value is -2.80. The highest BCUT2D eigenvalue weighted by Gasteiger charge is 2.52. The number of aliphatic hydroxyl groups excluding tert-OH is 1. The van der Waals surface area contributed by atoms with Crippen molar-refractivity contribution >= 4 is 40.4 Å². The highest BCUT2D eigenvalue weighted by molar-refractivity contribution is 14.1. The molecule has 0 bridgehead atoms. The first-order valence-corrected chi connectivity index (χ1v) is 17.1. The van der Waals surface area contributed by atoms with E-state index in [9.17, 15) is 14.4 Å². The van der Waals surface area contributed by atoms with E-state index in [1.165, 1.54) is 0 Å². The molecule has 244 valence electrons. The lowest BCUT2D eigenvalue weighted by atomic mass is 9.91. The van der Waals surface area contributed by atoms with Crippen LogP contribution >= 0.6 is 22.6 Å². The number of rotatable bonds is 16. The second-order valence-electron chi connectivity index (χ2n) is 11.7. The van der Waals surface area contributed by atoms with Crippen LogP contribution in [0.1, 0.15) is 97.9 Å². The number of nitrogens with one attached hydrogen (secondary N) is 2. The maximum atomic E-state index is 13.5. The van der Waals surface area contributed by atoms with Crippen LogP contribution in [0, 0.1) is 3.57 Å². The Morgan fingerprint density at radius 2 is 1.64 bits per heavy atom. The van der Waals surface area contributed by atoms with E-state index in [1.54, 1.807) is 30.3 Å². The number of carbonyl (C=O) groups excluding carboxylic acids is 3. The molecule has 4 rings (SSSR count). The van der Waals surface area contributed by atoms with E-state index >= 15 is 0 Å². The zero-order valence-electron chi connectivity index (χ0n) is 26.2. The predicted molar refractivity (Wildman–Crippen MR) is 180 cm³/mol. The molecule has 9 nitrogen and oxygen atoms in total. The number of hydrogen-bond donors (Lipinski definition) is 3. The first-order chi connectivity index (χ1) is 21.8. The van der Waals surface area contributed by atoms with Gasteiger partial charge in [-0.3, -0.25) is 9.59 Å². The Labute approximate surface area is 279 Å². The molecule has 3 atom stereocenters. The SMILES string of the molecule is CCCCCC1(CCCCC)O[C@@H]2[C@@H](C=C(C(=O)NCc3cccc(C(=O)NCCO)c3)C[C@H]2OC(=O)c2ccc(I)cc2)O1. The average molecular weight is 733 g/mol. The van der Waals surface area contributed by atoms with E-state index in [0.29, 0.717) is 16.7 Å². The van der Waals surface area contributed by atoms with Gasteiger partial charge in [0.25, 0.3) is 5.91 Å². The molecule has 0 saturated carbocycles. The van der Waals surface area contributed by atoms with Gasteiger partial charge in [0, 0.05) is 47.1 Å². The van der Waals surface area contributed by atoms with Gasteiger partial charge in [-0.15, -0.1) is 0 Å². The first-order valence-electron chi connectivity index (χ1n) is 16.1. The van der Waals surface area contributed by atoms with Gasteiger partial charge < -0.3 is 30.0 Å². The quantitative estimate of drug-likeness (QED) is 0.113. The van der Waals surface area contributed by atoms with Crippen molar-refractivity contribution in [3.63, 3.8) is 0 Å². The van der Waals surface area contributed by atoms with Gasteiger partial charge in [-0.05, 0) is 83.5 Å². The minimum Gasteiger partial charge on any atom is -0.456 e. The number of carbonyl (C=O) groups is 3. The molecule has 2 aliphatic rings. The maximum Gasteiger partial charge on any atom is 0.338 e. The summed E-state index contributed by atoms with van der Waals surface area (Å²) in [7, 11) is 0. The summed E-state index contributed by atoms with van der Waals surface area (Å²) >= 11 is 2.19. The fraction of sp³-hybridized carbons (Fsp3) is 0.514. The molecule has 1 saturated heterocycles. The molecular weight excluding hydrogens is 687 g/mol. The lowest BCUT2D eigenvalue weighted by Crippen LogP contribution is -2.43. The molecular formula is C35H45IN2O7. The third-order valence-electron chi connectivity index (χ3n) is 8.17. The van der Waals surface area contributed by atoms with E-state index in [4.69, 9.17) is 19.3 Å². The second-order valence-corrected chi connectivity index (χ2v) is 12.9. The third kappa shape index (κ3) is 9.84. The normalized spacial score (nSPS) is 20.2. The number of benzene rings is 2. The zero-order chi connectivity index (χ0) is 32.2. The summed E-state index contributed by atoms with van der Waals surface area (Å²) in [5.74, 6) is -1.84. The number of halogens is 1. The molecule has 0 aromatic heterocycles. The van der Waals surface area contributed by atoms with Crippen LogP contribution < -0.4 is 10.6 Å². The van der Waals surface area contributed by atoms with Crippen molar-refractivity contribution in [2.75, 3.05) is 13.2 Å². The summed E-state index contributed by atoms with van der Waals surface area (Å²) in [5, 5.41) is 14.6. The van der Waals surface area contributed by atoms with Gasteiger partial charge in [0.1, 0.15) is 18.3 Å². The van der Waals surface area contributed by atoms with Crippen molar-refractivity contribution in [2.24, 2.45) is 0 Å². The number of ether oxygens (including phenoxy) is 3. The summed E-state index contributed by atoms with van der Waals surface area (Å²) in [6.07, 6.45) is 7.96. The molecule has 1 aliphatic carbocycles. The van der Waals surface area contributed by atoms with Crippen molar-refractivity contribution in [1.82, 2.24) is 10.6 Å². The molecule has 0 radical (unpaired) electrons. The standard InChI is InChI=1S/C35H45IN2O7/c1-3-5-7-16-35(17-8-6-4-2)44-30-22-27(21-29(31(30)45-35)43-34(42)25-12-14-28(36)15-13-25)33(41)38-23-24-10-9-11-26(20-24)32(40)37-18-19-39/h9-15,20,22,29-31,39H,3-8,16-19,21,23H2,1-2H3,(H,37,40)(H,38,41)/t29-,30-,31+/m1/s1. The lowest BCUT2D eigenvalue weighted by molar-refractivity contribution is -0.190. The Bertz CT molecular complexity index is 1320. The minimum absolute atomic E-state index is 0.146. The highest BCUT2D eigenvalue weighted by atomic mass is 127. The van der Waals surface area contributed by atoms with Crippen LogP contribution in [0.5, 0.6) is 0 Å². The number of hydrogen-bond acceptors (Lipinski definition) is 7. The number of unbranched alkanes of at least 4 members (excludes halogenated alkanes) is 4. The van der Waals surface area contributed by atoms with Gasteiger partial charge in [0.15, 0.2) is 5.79 Å². The fourth-order valence-corrected chi connectivity index (χ4v) is 6.14. The van der Waals surface area contributed by atoms with Gasteiger partial charge in [0.05, 0.1) is 12.2 Å². The second kappa shape index (κ2) is 17.2. The van der Waals surface area contributed by atoms with E-state index in [1.807, 2.05) is 24.3 Å². The van der Waals surface area contributed by atoms with Gasteiger partial charge in [-0.1, -0.05) is 51.7 Å². The molecule has 10 heteroatoms.